The molecule has 2 aromatic carbocycles. The molecule has 14 heteroatoms. The van der Waals surface area contributed by atoms with E-state index in [4.69, 9.17) is 27.9 Å². The van der Waals surface area contributed by atoms with Gasteiger partial charge in [0.25, 0.3) is 5.69 Å². The zero-order valence-electron chi connectivity index (χ0n) is 20.0. The van der Waals surface area contributed by atoms with Crippen LogP contribution < -0.4 is 14.4 Å². The average Bonchev–Trinajstić information content (AvgIpc) is 2.81. The van der Waals surface area contributed by atoms with Crippen molar-refractivity contribution in [3.8, 4) is 5.75 Å². The summed E-state index contributed by atoms with van der Waals surface area (Å²) in [6.07, 6.45) is 0.856. The van der Waals surface area contributed by atoms with Gasteiger partial charge in [-0.25, -0.2) is 8.42 Å². The highest BCUT2D eigenvalue weighted by Crippen LogP contribution is 2.34. The van der Waals surface area contributed by atoms with Gasteiger partial charge in [-0.1, -0.05) is 29.3 Å². The van der Waals surface area contributed by atoms with Gasteiger partial charge in [-0.15, -0.1) is 0 Å². The zero-order valence-corrected chi connectivity index (χ0v) is 22.4. The van der Waals surface area contributed by atoms with Crippen molar-refractivity contribution in [1.82, 2.24) is 10.2 Å². The third-order valence-corrected chi connectivity index (χ3v) is 7.04. The number of amides is 2. The highest BCUT2D eigenvalue weighted by atomic mass is 35.5. The average molecular weight is 561 g/mol. The van der Waals surface area contributed by atoms with Gasteiger partial charge in [0.1, 0.15) is 24.0 Å². The number of benzene rings is 2. The van der Waals surface area contributed by atoms with E-state index in [0.717, 1.165) is 18.4 Å². The second-order valence-electron chi connectivity index (χ2n) is 7.72. The molecule has 2 amide bonds. The molecule has 36 heavy (non-hydrogen) atoms. The van der Waals surface area contributed by atoms with Crippen LogP contribution in [0.5, 0.6) is 5.75 Å². The van der Waals surface area contributed by atoms with Gasteiger partial charge in [-0.2, -0.15) is 0 Å². The van der Waals surface area contributed by atoms with E-state index in [1.165, 1.54) is 37.1 Å². The largest absolute Gasteiger partial charge is 0.495 e. The van der Waals surface area contributed by atoms with Crippen molar-refractivity contribution in [1.29, 1.82) is 0 Å². The number of hydrogen-bond acceptors (Lipinski definition) is 7. The molecule has 0 spiro atoms. The Bertz CT molecular complexity index is 1260. The Morgan fingerprint density at radius 2 is 1.83 bits per heavy atom. The first-order valence-corrected chi connectivity index (χ1v) is 13.2. The normalized spacial score (nSPS) is 11.9. The lowest BCUT2D eigenvalue weighted by Gasteiger charge is -2.31. The first-order valence-electron chi connectivity index (χ1n) is 10.6. The Hall–Kier alpha value is -3.09. The molecule has 0 saturated heterocycles. The third-order valence-electron chi connectivity index (χ3n) is 5.18. The topological polar surface area (TPSA) is 139 Å². The number of nitrogens with one attached hydrogen (secondary N) is 1. The van der Waals surface area contributed by atoms with Crippen LogP contribution in [0.3, 0.4) is 0 Å². The van der Waals surface area contributed by atoms with Crippen molar-refractivity contribution in [3.05, 3.63) is 62.1 Å². The number of sulfonamides is 1. The number of carbonyl (C=O) groups is 2. The summed E-state index contributed by atoms with van der Waals surface area (Å²) in [5.74, 6) is -1.19. The van der Waals surface area contributed by atoms with Gasteiger partial charge in [-0.3, -0.25) is 24.0 Å². The molecule has 196 valence electrons. The number of likely N-dealkylation sites (N-methyl/N-ethyl adjacent to an activating group) is 1. The predicted molar refractivity (Wildman–Crippen MR) is 137 cm³/mol. The molecule has 11 nitrogen and oxygen atoms in total. The molecule has 0 aliphatic rings. The summed E-state index contributed by atoms with van der Waals surface area (Å²) < 4.78 is 31.3. The van der Waals surface area contributed by atoms with Crippen molar-refractivity contribution in [2.45, 2.75) is 26.4 Å². The number of methoxy groups -OCH3 is 1. The van der Waals surface area contributed by atoms with Crippen LogP contribution in [0.15, 0.2) is 36.4 Å². The van der Waals surface area contributed by atoms with Crippen molar-refractivity contribution >= 4 is 56.4 Å². The second kappa shape index (κ2) is 12.2. The molecule has 2 aromatic rings. The van der Waals surface area contributed by atoms with Gasteiger partial charge < -0.3 is 15.0 Å². The van der Waals surface area contributed by atoms with Crippen molar-refractivity contribution < 1.29 is 27.7 Å². The third kappa shape index (κ3) is 7.21. The minimum Gasteiger partial charge on any atom is -0.495 e. The standard InChI is InChI=1S/C22H26Cl2N4O7S/c1-5-25-22(30)14(2)26(12-15-6-8-17(23)18(24)10-15)21(29)13-27(36(4,33)34)19-11-16(28(31)32)7-9-20(19)35-3/h6-11,14H,5,12-13H2,1-4H3,(H,25,30). The fourth-order valence-electron chi connectivity index (χ4n) is 3.32. The molecule has 0 saturated carbocycles. The molecule has 1 atom stereocenters. The smallest absolute Gasteiger partial charge is 0.271 e. The van der Waals surface area contributed by atoms with E-state index in [0.29, 0.717) is 21.4 Å². The molecular formula is C22H26Cl2N4O7S. The summed E-state index contributed by atoms with van der Waals surface area (Å²) in [4.78, 5) is 37.9. The fraction of sp³-hybridized carbons (Fsp3) is 0.364. The number of carbonyl (C=O) groups excluding carboxylic acids is 2. The van der Waals surface area contributed by atoms with Gasteiger partial charge in [0.05, 0.1) is 28.3 Å². The second-order valence-corrected chi connectivity index (χ2v) is 10.4. The molecule has 0 bridgehead atoms. The van der Waals surface area contributed by atoms with E-state index in [1.54, 1.807) is 13.0 Å². The number of non-ortho nitro benzene ring substituents is 1. The van der Waals surface area contributed by atoms with Crippen LogP contribution in [0.1, 0.15) is 19.4 Å². The molecule has 1 N–H and O–H groups in total. The molecule has 0 aromatic heterocycles. The predicted octanol–water partition coefficient (Wildman–Crippen LogP) is 3.23. The quantitative estimate of drug-likeness (QED) is 0.328. The number of rotatable bonds is 11. The number of nitro groups is 1. The maximum atomic E-state index is 13.5. The molecular weight excluding hydrogens is 535 g/mol. The lowest BCUT2D eigenvalue weighted by atomic mass is 10.1. The lowest BCUT2D eigenvalue weighted by Crippen LogP contribution is -2.51. The minimum absolute atomic E-state index is 0.00614. The van der Waals surface area contributed by atoms with E-state index in [-0.39, 0.29) is 23.0 Å². The number of anilines is 1. The van der Waals surface area contributed by atoms with E-state index < -0.39 is 45.0 Å². The fourth-order valence-corrected chi connectivity index (χ4v) is 4.49. The molecule has 0 fully saturated rings. The van der Waals surface area contributed by atoms with Crippen LogP contribution in [-0.2, 0) is 26.2 Å². The van der Waals surface area contributed by atoms with E-state index >= 15 is 0 Å². The van der Waals surface area contributed by atoms with Crippen molar-refractivity contribution in [2.24, 2.45) is 0 Å². The van der Waals surface area contributed by atoms with Gasteiger partial charge >= 0.3 is 0 Å². The Balaban J connectivity index is 2.53. The molecule has 2 rings (SSSR count). The highest BCUT2D eigenvalue weighted by molar-refractivity contribution is 7.92. The van der Waals surface area contributed by atoms with Crippen LogP contribution in [0.4, 0.5) is 11.4 Å². The van der Waals surface area contributed by atoms with Crippen molar-refractivity contribution in [2.75, 3.05) is 30.8 Å². The Morgan fingerprint density at radius 1 is 1.17 bits per heavy atom. The minimum atomic E-state index is -4.12. The highest BCUT2D eigenvalue weighted by Gasteiger charge is 2.32. The van der Waals surface area contributed by atoms with Crippen LogP contribution in [0.25, 0.3) is 0 Å². The Kier molecular flexibility index (Phi) is 9.91. The van der Waals surface area contributed by atoms with E-state index in [9.17, 15) is 28.1 Å². The van der Waals surface area contributed by atoms with Crippen LogP contribution >= 0.6 is 23.2 Å². The zero-order chi connectivity index (χ0) is 27.2. The molecule has 0 heterocycles. The lowest BCUT2D eigenvalue weighted by molar-refractivity contribution is -0.384. The Labute approximate surface area is 219 Å². The van der Waals surface area contributed by atoms with E-state index in [1.807, 2.05) is 0 Å². The summed E-state index contributed by atoms with van der Waals surface area (Å²) in [7, 11) is -2.85. The first-order chi connectivity index (χ1) is 16.8. The van der Waals surface area contributed by atoms with Gasteiger partial charge in [0, 0.05) is 25.2 Å². The van der Waals surface area contributed by atoms with Crippen molar-refractivity contribution in [3.63, 3.8) is 0 Å². The number of hydrogen-bond donors (Lipinski definition) is 1. The monoisotopic (exact) mass is 560 g/mol. The summed E-state index contributed by atoms with van der Waals surface area (Å²) in [6.45, 7) is 2.70. The molecule has 0 aliphatic carbocycles. The summed E-state index contributed by atoms with van der Waals surface area (Å²) in [5, 5.41) is 14.5. The molecule has 0 aliphatic heterocycles. The number of nitrogens with zero attached hydrogens (tertiary/aromatic N) is 3. The summed E-state index contributed by atoms with van der Waals surface area (Å²) in [6, 6.07) is 7.10. The van der Waals surface area contributed by atoms with E-state index in [2.05, 4.69) is 5.32 Å². The van der Waals surface area contributed by atoms with Crippen LogP contribution in [0, 0.1) is 10.1 Å². The van der Waals surface area contributed by atoms with Gasteiger partial charge in [-0.05, 0) is 37.6 Å². The number of ether oxygens (including phenoxy) is 1. The Morgan fingerprint density at radius 3 is 2.36 bits per heavy atom. The molecule has 0 radical (unpaired) electrons. The summed E-state index contributed by atoms with van der Waals surface area (Å²) in [5.41, 5.74) is -0.0364. The SMILES string of the molecule is CCNC(=O)C(C)N(Cc1ccc(Cl)c(Cl)c1)C(=O)CN(c1cc([N+](=O)[O-])ccc1OC)S(C)(=O)=O. The van der Waals surface area contributed by atoms with Gasteiger partial charge in [0.2, 0.25) is 21.8 Å². The van der Waals surface area contributed by atoms with Crippen LogP contribution in [-0.4, -0.2) is 62.6 Å². The molecule has 1 unspecified atom stereocenters. The van der Waals surface area contributed by atoms with Gasteiger partial charge in [0.15, 0.2) is 0 Å². The first kappa shape index (κ1) is 29.1. The maximum Gasteiger partial charge on any atom is 0.271 e. The number of nitro benzene ring substituents is 1. The summed E-state index contributed by atoms with van der Waals surface area (Å²) >= 11 is 12.1. The van der Waals surface area contributed by atoms with Crippen LogP contribution in [0.2, 0.25) is 10.0 Å². The number of halogens is 2. The maximum absolute atomic E-state index is 13.5.